The smallest absolute Gasteiger partial charge is 0.305 e. The molecule has 4 rings (SSSR count). The Morgan fingerprint density at radius 1 is 1.21 bits per heavy atom. The minimum absolute atomic E-state index is 0.212. The van der Waals surface area contributed by atoms with Crippen molar-refractivity contribution in [3.8, 4) is 11.5 Å². The summed E-state index contributed by atoms with van der Waals surface area (Å²) in [5, 5.41) is 17.3. The van der Waals surface area contributed by atoms with Gasteiger partial charge in [-0.05, 0) is 35.7 Å². The molecular formula is C21H21N3O5. The summed E-state index contributed by atoms with van der Waals surface area (Å²) in [6.07, 6.45) is 0.372. The zero-order chi connectivity index (χ0) is 20.5. The molecule has 0 aliphatic carbocycles. The summed E-state index contributed by atoms with van der Waals surface area (Å²) in [4.78, 5) is 26.5. The summed E-state index contributed by atoms with van der Waals surface area (Å²) >= 11 is 0. The van der Waals surface area contributed by atoms with E-state index >= 15 is 0 Å². The first-order chi connectivity index (χ1) is 14.0. The molecule has 8 heteroatoms. The lowest BCUT2D eigenvalue weighted by Crippen LogP contribution is -2.41. The minimum Gasteiger partial charge on any atom is -0.493 e. The number of hydrogen-bond acceptors (Lipinski definition) is 5. The van der Waals surface area contributed by atoms with E-state index in [1.807, 2.05) is 30.3 Å². The number of carbonyl (C=O) groups excluding carboxylic acids is 1. The molecule has 2 heterocycles. The highest BCUT2D eigenvalue weighted by molar-refractivity contribution is 6.05. The zero-order valence-electron chi connectivity index (χ0n) is 16.1. The van der Waals surface area contributed by atoms with Gasteiger partial charge in [-0.25, -0.2) is 0 Å². The normalized spacial score (nSPS) is 15.8. The van der Waals surface area contributed by atoms with Gasteiger partial charge < -0.3 is 19.5 Å². The van der Waals surface area contributed by atoms with Crippen LogP contribution >= 0.6 is 0 Å². The highest BCUT2D eigenvalue weighted by Crippen LogP contribution is 2.40. The van der Waals surface area contributed by atoms with Crippen LogP contribution in [0.2, 0.25) is 0 Å². The van der Waals surface area contributed by atoms with Crippen LogP contribution in [0.1, 0.15) is 34.1 Å². The van der Waals surface area contributed by atoms with Crippen molar-refractivity contribution < 1.29 is 24.2 Å². The van der Waals surface area contributed by atoms with Gasteiger partial charge in [-0.1, -0.05) is 18.2 Å². The lowest BCUT2D eigenvalue weighted by atomic mass is 9.89. The molecule has 0 fully saturated rings. The Bertz CT molecular complexity index is 1090. The summed E-state index contributed by atoms with van der Waals surface area (Å²) in [6, 6.07) is 10.4. The Morgan fingerprint density at radius 3 is 2.66 bits per heavy atom. The van der Waals surface area contributed by atoms with Gasteiger partial charge in [0, 0.05) is 11.9 Å². The Kier molecular flexibility index (Phi) is 4.84. The number of rotatable bonds is 5. The van der Waals surface area contributed by atoms with Gasteiger partial charge >= 0.3 is 5.97 Å². The number of aromatic nitrogens is 2. The van der Waals surface area contributed by atoms with Crippen LogP contribution in [-0.4, -0.2) is 52.8 Å². The number of aromatic amines is 1. The molecule has 3 aromatic rings. The molecule has 1 aromatic heterocycles. The monoisotopic (exact) mass is 395 g/mol. The topological polar surface area (TPSA) is 105 Å². The number of nitrogens with one attached hydrogen (secondary N) is 1. The number of fused-ring (bicyclic) bond motifs is 2. The molecule has 1 aliphatic heterocycles. The second-order valence-corrected chi connectivity index (χ2v) is 6.89. The van der Waals surface area contributed by atoms with Crippen molar-refractivity contribution in [3.63, 3.8) is 0 Å². The lowest BCUT2D eigenvalue weighted by Gasteiger charge is -2.36. The lowest BCUT2D eigenvalue weighted by molar-refractivity contribution is -0.138. The molecule has 0 unspecified atom stereocenters. The fourth-order valence-electron chi connectivity index (χ4n) is 3.92. The Morgan fingerprint density at radius 2 is 1.93 bits per heavy atom. The quantitative estimate of drug-likeness (QED) is 0.688. The highest BCUT2D eigenvalue weighted by Gasteiger charge is 2.35. The molecular weight excluding hydrogens is 374 g/mol. The fraction of sp³-hybridized carbons (Fsp3) is 0.286. The van der Waals surface area contributed by atoms with Gasteiger partial charge in [-0.3, -0.25) is 14.7 Å². The number of aliphatic carboxylic acids is 1. The van der Waals surface area contributed by atoms with Gasteiger partial charge in [0.2, 0.25) is 0 Å². The zero-order valence-corrected chi connectivity index (χ0v) is 16.1. The van der Waals surface area contributed by atoms with Crippen molar-refractivity contribution in [2.75, 3.05) is 20.8 Å². The SMILES string of the molecule is COc1cc2c(cc1OC)[C@@H](CC(=O)O)N(C(=O)c1n[nH]c3ccccc13)CC2. The maximum absolute atomic E-state index is 13.3. The number of carbonyl (C=O) groups is 2. The predicted molar refractivity (Wildman–Crippen MR) is 105 cm³/mol. The number of carboxylic acids is 1. The summed E-state index contributed by atoms with van der Waals surface area (Å²) in [7, 11) is 3.08. The van der Waals surface area contributed by atoms with Crippen molar-refractivity contribution in [2.24, 2.45) is 0 Å². The van der Waals surface area contributed by atoms with Crippen LogP contribution in [-0.2, 0) is 11.2 Å². The van der Waals surface area contributed by atoms with Crippen LogP contribution < -0.4 is 9.47 Å². The van der Waals surface area contributed by atoms with Gasteiger partial charge in [0.25, 0.3) is 5.91 Å². The number of para-hydroxylation sites is 1. The maximum Gasteiger partial charge on any atom is 0.305 e. The van der Waals surface area contributed by atoms with Crippen molar-refractivity contribution in [1.82, 2.24) is 15.1 Å². The van der Waals surface area contributed by atoms with E-state index in [0.717, 1.165) is 16.6 Å². The molecule has 0 saturated carbocycles. The van der Waals surface area contributed by atoms with Crippen molar-refractivity contribution >= 4 is 22.8 Å². The molecule has 2 N–H and O–H groups in total. The molecule has 0 bridgehead atoms. The highest BCUT2D eigenvalue weighted by atomic mass is 16.5. The number of benzene rings is 2. The molecule has 1 aliphatic rings. The largest absolute Gasteiger partial charge is 0.493 e. The molecule has 150 valence electrons. The molecule has 0 saturated heterocycles. The van der Waals surface area contributed by atoms with E-state index in [1.54, 1.807) is 18.1 Å². The first-order valence-corrected chi connectivity index (χ1v) is 9.24. The summed E-state index contributed by atoms with van der Waals surface area (Å²) in [6.45, 7) is 0.389. The second-order valence-electron chi connectivity index (χ2n) is 6.89. The third-order valence-electron chi connectivity index (χ3n) is 5.30. The Labute approximate surface area is 167 Å². The number of carboxylic acid groups (broad SMARTS) is 1. The van der Waals surface area contributed by atoms with E-state index in [9.17, 15) is 14.7 Å². The first kappa shape index (κ1) is 18.8. The van der Waals surface area contributed by atoms with Crippen LogP contribution in [0, 0.1) is 0 Å². The van der Waals surface area contributed by atoms with Gasteiger partial charge in [0.05, 0.1) is 32.2 Å². The van der Waals surface area contributed by atoms with E-state index in [4.69, 9.17) is 9.47 Å². The van der Waals surface area contributed by atoms with Crippen molar-refractivity contribution in [2.45, 2.75) is 18.9 Å². The van der Waals surface area contributed by atoms with Gasteiger partial charge in [-0.2, -0.15) is 5.10 Å². The van der Waals surface area contributed by atoms with E-state index in [2.05, 4.69) is 10.2 Å². The molecule has 8 nitrogen and oxygen atoms in total. The number of hydrogen-bond donors (Lipinski definition) is 2. The minimum atomic E-state index is -0.984. The molecule has 0 radical (unpaired) electrons. The van der Waals surface area contributed by atoms with E-state index in [1.165, 1.54) is 7.11 Å². The predicted octanol–water partition coefficient (Wildman–Crippen LogP) is 2.79. The van der Waals surface area contributed by atoms with Crippen LogP contribution in [0.5, 0.6) is 11.5 Å². The number of nitrogens with zero attached hydrogens (tertiary/aromatic N) is 2. The fourth-order valence-corrected chi connectivity index (χ4v) is 3.92. The molecule has 29 heavy (non-hydrogen) atoms. The molecule has 0 spiro atoms. The summed E-state index contributed by atoms with van der Waals surface area (Å²) in [5.41, 5.74) is 2.75. The molecule has 1 atom stereocenters. The first-order valence-electron chi connectivity index (χ1n) is 9.24. The van der Waals surface area contributed by atoms with Gasteiger partial charge in [-0.15, -0.1) is 0 Å². The van der Waals surface area contributed by atoms with Crippen molar-refractivity contribution in [1.29, 1.82) is 0 Å². The van der Waals surface area contributed by atoms with Gasteiger partial charge in [0.15, 0.2) is 17.2 Å². The van der Waals surface area contributed by atoms with Gasteiger partial charge in [0.1, 0.15) is 0 Å². The molecule has 1 amide bonds. The van der Waals surface area contributed by atoms with Crippen molar-refractivity contribution in [3.05, 3.63) is 53.2 Å². The summed E-state index contributed by atoms with van der Waals surface area (Å²) < 4.78 is 10.8. The molecule has 2 aromatic carbocycles. The van der Waals surface area contributed by atoms with Crippen LogP contribution in [0.15, 0.2) is 36.4 Å². The Hall–Kier alpha value is -3.55. The van der Waals surface area contributed by atoms with E-state index < -0.39 is 12.0 Å². The standard InChI is InChI=1S/C21H21N3O5/c1-28-17-9-12-7-8-24(16(11-19(25)26)14(12)10-18(17)29-2)21(27)20-13-5-3-4-6-15(13)22-23-20/h3-6,9-10,16H,7-8,11H2,1-2H3,(H,22,23)(H,25,26)/t16-/m1/s1. The number of methoxy groups -OCH3 is 2. The number of H-pyrrole nitrogens is 1. The third-order valence-corrected chi connectivity index (χ3v) is 5.30. The average molecular weight is 395 g/mol. The van der Waals surface area contributed by atoms with Crippen LogP contribution in [0.25, 0.3) is 10.9 Å². The second kappa shape index (κ2) is 7.46. The number of amides is 1. The third kappa shape index (κ3) is 3.26. The summed E-state index contributed by atoms with van der Waals surface area (Å²) in [5.74, 6) is -0.198. The van der Waals surface area contributed by atoms with Crippen LogP contribution in [0.3, 0.4) is 0 Å². The van der Waals surface area contributed by atoms with E-state index in [0.29, 0.717) is 35.5 Å². The Balaban J connectivity index is 1.78. The maximum atomic E-state index is 13.3. The van der Waals surface area contributed by atoms with E-state index in [-0.39, 0.29) is 12.3 Å². The average Bonchev–Trinajstić information content (AvgIpc) is 3.16. The van der Waals surface area contributed by atoms with Crippen LogP contribution in [0.4, 0.5) is 0 Å². The number of ether oxygens (including phenoxy) is 2.